The number of rotatable bonds is 3. The Morgan fingerprint density at radius 3 is 2.88 bits per heavy atom. The van der Waals surface area contributed by atoms with Crippen LogP contribution in [0.5, 0.6) is 0 Å². The molecule has 3 nitrogen and oxygen atoms in total. The molecule has 0 aliphatic rings. The lowest BCUT2D eigenvalue weighted by Gasteiger charge is -2.06. The van der Waals surface area contributed by atoms with E-state index in [0.717, 1.165) is 15.5 Å². The summed E-state index contributed by atoms with van der Waals surface area (Å²) in [7, 11) is 0. The van der Waals surface area contributed by atoms with Crippen molar-refractivity contribution in [1.82, 2.24) is 9.97 Å². The first-order valence-electron chi connectivity index (χ1n) is 4.63. The highest BCUT2D eigenvalue weighted by Gasteiger charge is 2.05. The summed E-state index contributed by atoms with van der Waals surface area (Å²) < 4.78 is 0. The summed E-state index contributed by atoms with van der Waals surface area (Å²) in [5, 5.41) is 10.7. The highest BCUT2D eigenvalue weighted by atomic mass is 35.5. The van der Waals surface area contributed by atoms with Gasteiger partial charge in [0.05, 0.1) is 6.61 Å². The summed E-state index contributed by atoms with van der Waals surface area (Å²) in [5.74, 6) is 0. The van der Waals surface area contributed by atoms with Crippen molar-refractivity contribution in [3.8, 4) is 0 Å². The van der Waals surface area contributed by atoms with Crippen molar-refractivity contribution in [2.45, 2.75) is 16.5 Å². The van der Waals surface area contributed by atoms with E-state index in [1.54, 1.807) is 12.3 Å². The third kappa shape index (κ3) is 2.72. The van der Waals surface area contributed by atoms with E-state index in [0.29, 0.717) is 5.02 Å². The second kappa shape index (κ2) is 5.30. The van der Waals surface area contributed by atoms with Crippen molar-refractivity contribution in [2.24, 2.45) is 0 Å². The van der Waals surface area contributed by atoms with Gasteiger partial charge in [-0.25, -0.2) is 9.97 Å². The zero-order valence-electron chi connectivity index (χ0n) is 8.30. The Morgan fingerprint density at radius 2 is 2.19 bits per heavy atom. The van der Waals surface area contributed by atoms with Crippen molar-refractivity contribution in [3.63, 3.8) is 0 Å². The molecule has 0 aliphatic heterocycles. The molecule has 0 amide bonds. The lowest BCUT2D eigenvalue weighted by Crippen LogP contribution is -1.88. The van der Waals surface area contributed by atoms with Gasteiger partial charge in [0.2, 0.25) is 0 Å². The lowest BCUT2D eigenvalue weighted by atomic mass is 10.2. The fraction of sp³-hybridized carbons (Fsp3) is 0.0909. The van der Waals surface area contributed by atoms with Crippen molar-refractivity contribution < 1.29 is 5.11 Å². The number of halogens is 1. The van der Waals surface area contributed by atoms with E-state index in [9.17, 15) is 5.11 Å². The smallest absolute Gasteiger partial charge is 0.116 e. The predicted octanol–water partition coefficient (Wildman–Crippen LogP) is 2.77. The summed E-state index contributed by atoms with van der Waals surface area (Å²) in [5.41, 5.74) is 0.841. The van der Waals surface area contributed by atoms with Crippen LogP contribution in [0.4, 0.5) is 0 Å². The Balaban J connectivity index is 2.30. The predicted molar refractivity (Wildman–Crippen MR) is 63.5 cm³/mol. The molecule has 0 radical (unpaired) electrons. The quantitative estimate of drug-likeness (QED) is 0.854. The Hall–Kier alpha value is -1.10. The molecule has 1 heterocycles. The van der Waals surface area contributed by atoms with Gasteiger partial charge in [0.1, 0.15) is 11.4 Å². The molecule has 0 spiro atoms. The van der Waals surface area contributed by atoms with E-state index in [1.807, 2.05) is 18.2 Å². The van der Waals surface area contributed by atoms with Gasteiger partial charge < -0.3 is 5.11 Å². The number of aromatic nitrogens is 2. The zero-order chi connectivity index (χ0) is 11.4. The Bertz CT molecular complexity index is 479. The summed E-state index contributed by atoms with van der Waals surface area (Å²) in [6, 6.07) is 7.20. The van der Waals surface area contributed by atoms with Crippen LogP contribution in [0.25, 0.3) is 0 Å². The van der Waals surface area contributed by atoms with Crippen molar-refractivity contribution in [2.75, 3.05) is 0 Å². The fourth-order valence-corrected chi connectivity index (χ4v) is 2.35. The first-order valence-corrected chi connectivity index (χ1v) is 5.82. The van der Waals surface area contributed by atoms with Crippen LogP contribution < -0.4 is 0 Å². The molecule has 0 bridgehead atoms. The van der Waals surface area contributed by atoms with Crippen molar-refractivity contribution >= 4 is 23.4 Å². The molecule has 0 fully saturated rings. The lowest BCUT2D eigenvalue weighted by molar-refractivity contribution is 0.279. The number of aliphatic hydroxyl groups excluding tert-OH is 1. The van der Waals surface area contributed by atoms with Crippen LogP contribution in [-0.4, -0.2) is 15.1 Å². The van der Waals surface area contributed by atoms with Gasteiger partial charge in [-0.15, -0.1) is 0 Å². The van der Waals surface area contributed by atoms with Gasteiger partial charge in [-0.05, 0) is 23.8 Å². The molecule has 5 heteroatoms. The molecule has 1 aromatic heterocycles. The molecule has 0 aliphatic carbocycles. The summed E-state index contributed by atoms with van der Waals surface area (Å²) in [4.78, 5) is 8.86. The topological polar surface area (TPSA) is 46.0 Å². The minimum atomic E-state index is -0.00934. The largest absolute Gasteiger partial charge is 0.392 e. The van der Waals surface area contributed by atoms with Gasteiger partial charge in [0.15, 0.2) is 0 Å². The molecule has 0 saturated heterocycles. The second-order valence-electron chi connectivity index (χ2n) is 3.06. The maximum absolute atomic E-state index is 9.20. The first kappa shape index (κ1) is 11.4. The van der Waals surface area contributed by atoms with Crippen molar-refractivity contribution in [1.29, 1.82) is 0 Å². The van der Waals surface area contributed by atoms with Gasteiger partial charge in [-0.2, -0.15) is 0 Å². The molecular formula is C11H9ClN2OS. The molecule has 0 unspecified atom stereocenters. The third-order valence-electron chi connectivity index (χ3n) is 1.97. The van der Waals surface area contributed by atoms with Gasteiger partial charge in [0, 0.05) is 16.1 Å². The van der Waals surface area contributed by atoms with E-state index in [1.165, 1.54) is 18.1 Å². The molecule has 82 valence electrons. The highest BCUT2D eigenvalue weighted by molar-refractivity contribution is 7.99. The molecular weight excluding hydrogens is 244 g/mol. The Labute approximate surface area is 103 Å². The van der Waals surface area contributed by atoms with Crippen LogP contribution in [0, 0.1) is 0 Å². The number of hydrogen-bond donors (Lipinski definition) is 1. The number of hydrogen-bond acceptors (Lipinski definition) is 4. The average molecular weight is 253 g/mol. The Kier molecular flexibility index (Phi) is 3.77. The van der Waals surface area contributed by atoms with Gasteiger partial charge in [0.25, 0.3) is 0 Å². The molecule has 16 heavy (non-hydrogen) atoms. The average Bonchev–Trinajstić information content (AvgIpc) is 2.31. The van der Waals surface area contributed by atoms with Gasteiger partial charge >= 0.3 is 0 Å². The van der Waals surface area contributed by atoms with Crippen LogP contribution in [0.15, 0.2) is 46.7 Å². The monoisotopic (exact) mass is 252 g/mol. The molecule has 0 atom stereocenters. The number of nitrogens with zero attached hydrogens (tertiary/aromatic N) is 2. The third-order valence-corrected chi connectivity index (χ3v) is 3.25. The minimum absolute atomic E-state index is 0.00934. The van der Waals surface area contributed by atoms with E-state index < -0.39 is 0 Å². The van der Waals surface area contributed by atoms with E-state index in [-0.39, 0.29) is 6.61 Å². The van der Waals surface area contributed by atoms with Crippen LogP contribution in [0.2, 0.25) is 5.02 Å². The number of aliphatic hydroxyl groups is 1. The molecule has 0 saturated carbocycles. The van der Waals surface area contributed by atoms with Gasteiger partial charge in [-0.3, -0.25) is 0 Å². The normalized spacial score (nSPS) is 10.4. The summed E-state index contributed by atoms with van der Waals surface area (Å²) in [6.07, 6.45) is 3.17. The highest BCUT2D eigenvalue weighted by Crippen LogP contribution is 2.30. The van der Waals surface area contributed by atoms with Gasteiger partial charge in [-0.1, -0.05) is 29.4 Å². The standard InChI is InChI=1S/C11H9ClN2OS/c12-9-2-1-8(6-15)10(5-9)16-11-3-4-13-7-14-11/h1-5,7,15H,6H2. The first-order chi connectivity index (χ1) is 7.79. The van der Waals surface area contributed by atoms with Crippen LogP contribution in [-0.2, 0) is 6.61 Å². The van der Waals surface area contributed by atoms with Crippen LogP contribution in [0.1, 0.15) is 5.56 Å². The van der Waals surface area contributed by atoms with Crippen LogP contribution >= 0.6 is 23.4 Å². The maximum atomic E-state index is 9.20. The summed E-state index contributed by atoms with van der Waals surface area (Å²) in [6.45, 7) is -0.00934. The van der Waals surface area contributed by atoms with Crippen molar-refractivity contribution in [3.05, 3.63) is 47.4 Å². The maximum Gasteiger partial charge on any atom is 0.116 e. The minimum Gasteiger partial charge on any atom is -0.392 e. The number of benzene rings is 1. The SMILES string of the molecule is OCc1ccc(Cl)cc1Sc1ccncn1. The van der Waals surface area contributed by atoms with E-state index in [2.05, 4.69) is 9.97 Å². The zero-order valence-corrected chi connectivity index (χ0v) is 9.87. The second-order valence-corrected chi connectivity index (χ2v) is 4.56. The Morgan fingerprint density at radius 1 is 1.31 bits per heavy atom. The fourth-order valence-electron chi connectivity index (χ4n) is 1.21. The van der Waals surface area contributed by atoms with Crippen LogP contribution in [0.3, 0.4) is 0 Å². The van der Waals surface area contributed by atoms with E-state index >= 15 is 0 Å². The van der Waals surface area contributed by atoms with E-state index in [4.69, 9.17) is 11.6 Å². The molecule has 2 aromatic rings. The molecule has 2 rings (SSSR count). The molecule has 1 aromatic carbocycles. The summed E-state index contributed by atoms with van der Waals surface area (Å²) >= 11 is 7.37. The molecule has 1 N–H and O–H groups in total.